The first-order valence-electron chi connectivity index (χ1n) is 33.9. The molecule has 0 radical (unpaired) electrons. The topological polar surface area (TPSA) is 337 Å². The number of halogens is 5. The zero-order chi connectivity index (χ0) is 77.3. The van der Waals surface area contributed by atoms with Crippen LogP contribution < -0.4 is 30.4 Å². The average Bonchev–Trinajstić information content (AvgIpc) is 1.64. The van der Waals surface area contributed by atoms with Crippen molar-refractivity contribution < 1.29 is 43.9 Å². The molecular weight excluding hydrogens is 1800 g/mol. The number of fused-ring (bicyclic) bond motifs is 12. The molecule has 0 spiro atoms. The summed E-state index contributed by atoms with van der Waals surface area (Å²) in [6.07, 6.45) is 19.3. The fraction of sp³-hybridized carbons (Fsp3) is 0.289. The van der Waals surface area contributed by atoms with Gasteiger partial charge in [0.15, 0.2) is 11.4 Å². The maximum Gasteiger partial charge on any atom is 0.269 e. The van der Waals surface area contributed by atoms with E-state index in [2.05, 4.69) is 166 Å². The summed E-state index contributed by atoms with van der Waals surface area (Å²) in [4.78, 5) is 62.2. The third-order valence-electron chi connectivity index (χ3n) is 17.1. The van der Waals surface area contributed by atoms with Gasteiger partial charge in [0.05, 0.1) is 97.4 Å². The molecule has 8 N–H and O–H groups in total. The van der Waals surface area contributed by atoms with Crippen LogP contribution in [0.2, 0.25) is 0 Å². The maximum absolute atomic E-state index is 12.2. The Balaban J connectivity index is 0.000000137. The number of rotatable bonds is 9. The first-order chi connectivity index (χ1) is 51.6. The fourth-order valence-electron chi connectivity index (χ4n) is 11.8. The number of hydrogen-bond donors (Lipinski definition) is 6. The van der Waals surface area contributed by atoms with Gasteiger partial charge in [-0.2, -0.15) is 0 Å². The molecule has 108 heavy (non-hydrogen) atoms. The van der Waals surface area contributed by atoms with Crippen molar-refractivity contribution in [3.8, 4) is 92.7 Å². The zero-order valence-corrected chi connectivity index (χ0v) is 69.2. The summed E-state index contributed by atoms with van der Waals surface area (Å²) < 4.78 is 42.5. The molecule has 32 heteroatoms. The van der Waals surface area contributed by atoms with Crippen molar-refractivity contribution in [1.82, 2.24) is 76.8 Å². The monoisotopic (exact) mass is 1880 g/mol. The molecule has 4 aliphatic rings. The standard InChI is InChI=1S/C22H23N5O3.C17H16BrN5O2.C16H14BrIN4O.C12H10BrIN2O2.C5H8O.C4H6N2/c1-14-24-8-9-26(14)13-17-19(20(23)28)25-21-16-12-15(6-7-22(2,3)29)4-5-18(16)30-11-10-27(17)21;1-10-20-4-5-22(10)9-13-15(16(19)24)21-17-12-8-11(18)2-3-14(12)25-7-6-23(13)17;1-10-19-4-5-21(10)9-13-15(18)20-16-12-8-11(17)2-3-14(12)23-7-6-22(13)16;13-7-1-2-10-8(5-7)12-15-11(14)9(6-17)16(12)3-4-18-10;1-4-5(2,3)6;1-4-5-2-3-6-4/h4-5,8-9,12,29H,10-11,13H2,1-3H3,(H2,23,28);2-5,8H,6-7,9H2,1H3,(H2,19,24);2-5,8H,6-7,9H2,1H3;1-2,5,17H,3-4,6H2;1,6H,2-3H3;2-3H,1H3,(H,5,6). The van der Waals surface area contributed by atoms with Gasteiger partial charge in [0, 0.05) is 68.6 Å². The first kappa shape index (κ1) is 79.6. The van der Waals surface area contributed by atoms with E-state index in [0.717, 1.165) is 120 Å². The third-order valence-corrected chi connectivity index (χ3v) is 20.3. The van der Waals surface area contributed by atoms with Crippen LogP contribution in [0, 0.1) is 59.3 Å². The van der Waals surface area contributed by atoms with E-state index in [9.17, 15) is 19.8 Å². The van der Waals surface area contributed by atoms with Crippen molar-refractivity contribution >= 4 is 105 Å². The Labute approximate surface area is 675 Å². The minimum atomic E-state index is -1.10. The van der Waals surface area contributed by atoms with Gasteiger partial charge in [0.25, 0.3) is 11.8 Å². The fourth-order valence-corrected chi connectivity index (χ4v) is 14.2. The van der Waals surface area contributed by atoms with E-state index in [1.54, 1.807) is 52.5 Å². The van der Waals surface area contributed by atoms with E-state index in [0.29, 0.717) is 87.8 Å². The van der Waals surface area contributed by atoms with Crippen LogP contribution in [0.3, 0.4) is 0 Å². The average molecular weight is 1880 g/mol. The minimum absolute atomic E-state index is 0.00535. The smallest absolute Gasteiger partial charge is 0.269 e. The number of aryl methyl sites for hydroxylation is 4. The van der Waals surface area contributed by atoms with Crippen LogP contribution in [0.5, 0.6) is 23.0 Å². The Morgan fingerprint density at radius 3 is 1.20 bits per heavy atom. The molecule has 0 saturated carbocycles. The van der Waals surface area contributed by atoms with Gasteiger partial charge in [-0.05, 0) is 173 Å². The summed E-state index contributed by atoms with van der Waals surface area (Å²) in [6, 6.07) is 23.2. The van der Waals surface area contributed by atoms with Crippen molar-refractivity contribution in [1.29, 1.82) is 0 Å². The Morgan fingerprint density at radius 2 is 0.880 bits per heavy atom. The molecule has 12 heterocycles. The van der Waals surface area contributed by atoms with Crippen LogP contribution in [0.4, 0.5) is 0 Å². The molecule has 8 aromatic heterocycles. The molecule has 4 aromatic carbocycles. The second-order valence-corrected chi connectivity index (χ2v) is 30.6. The van der Waals surface area contributed by atoms with Gasteiger partial charge < -0.3 is 82.7 Å². The largest absolute Gasteiger partial charge is 0.491 e. The molecule has 0 unspecified atom stereocenters. The zero-order valence-electron chi connectivity index (χ0n) is 60.2. The van der Waals surface area contributed by atoms with Gasteiger partial charge in [-0.25, -0.2) is 39.9 Å². The van der Waals surface area contributed by atoms with E-state index in [1.165, 1.54) is 5.69 Å². The SMILES string of the molecule is C#CC(C)(C)O.Cc1ncc[nH]1.Cc1nccn1Cc1c(C(N)=O)nc2n1CCOc1ccc(Br)cc1-2.Cc1nccn1Cc1c(C(N)=O)nc2n1CCOc1ccc(C#CC(C)(C)O)cc1-2.Cc1nccn1Cc1c(I)nc2n1CCOc1ccc(Br)cc1-2.OCc1c(I)nc2n1CCOc1ccc(Br)cc1-2. The van der Waals surface area contributed by atoms with Crippen LogP contribution in [0.25, 0.3) is 45.6 Å². The van der Waals surface area contributed by atoms with E-state index >= 15 is 0 Å². The lowest BCUT2D eigenvalue weighted by molar-refractivity contribution is 0.0986. The maximum atomic E-state index is 12.2. The highest BCUT2D eigenvalue weighted by Crippen LogP contribution is 2.40. The second kappa shape index (κ2) is 34.9. The lowest BCUT2D eigenvalue weighted by Gasteiger charge is -2.11. The normalized spacial score (nSPS) is 12.7. The van der Waals surface area contributed by atoms with Crippen molar-refractivity contribution in [2.45, 2.75) is 119 Å². The van der Waals surface area contributed by atoms with E-state index in [4.69, 9.17) is 46.9 Å². The van der Waals surface area contributed by atoms with Crippen LogP contribution in [0.15, 0.2) is 136 Å². The summed E-state index contributed by atoms with van der Waals surface area (Å²) in [6.45, 7) is 20.5. The number of nitrogens with zero attached hydrogens (tertiary/aromatic N) is 15. The predicted molar refractivity (Wildman–Crippen MR) is 434 cm³/mol. The summed E-state index contributed by atoms with van der Waals surface area (Å²) in [5, 5.41) is 27.9. The number of H-pyrrole nitrogens is 1. The Hall–Kier alpha value is -9.40. The molecule has 4 aliphatic heterocycles. The number of carbonyl (C=O) groups is 2. The number of carbonyl (C=O) groups excluding carboxylic acids is 2. The first-order valence-corrected chi connectivity index (χ1v) is 38.4. The quantitative estimate of drug-likeness (QED) is 0.0577. The van der Waals surface area contributed by atoms with Crippen molar-refractivity contribution in [3.05, 3.63) is 206 Å². The Bertz CT molecular complexity index is 5370. The van der Waals surface area contributed by atoms with Crippen molar-refractivity contribution in [2.75, 3.05) is 26.4 Å². The van der Waals surface area contributed by atoms with Gasteiger partial charge >= 0.3 is 0 Å². The van der Waals surface area contributed by atoms with Gasteiger partial charge in [-0.3, -0.25) is 9.59 Å². The van der Waals surface area contributed by atoms with Gasteiger partial charge in [0.1, 0.15) is 115 Å². The number of primary amides is 2. The summed E-state index contributed by atoms with van der Waals surface area (Å²) in [7, 11) is 0. The molecule has 0 aliphatic carbocycles. The third kappa shape index (κ3) is 19.2. The second-order valence-electron chi connectivity index (χ2n) is 25.8. The van der Waals surface area contributed by atoms with Crippen LogP contribution in [0.1, 0.15) is 100 Å². The van der Waals surface area contributed by atoms with E-state index < -0.39 is 23.0 Å². The molecule has 0 saturated heterocycles. The highest BCUT2D eigenvalue weighted by atomic mass is 127. The van der Waals surface area contributed by atoms with Gasteiger partial charge in [-0.1, -0.05) is 65.6 Å². The lowest BCUT2D eigenvalue weighted by atomic mass is 10.1. The molecule has 2 amide bonds. The molecule has 12 aromatic rings. The summed E-state index contributed by atoms with van der Waals surface area (Å²) in [5.41, 5.74) is 17.5. The van der Waals surface area contributed by atoms with Crippen molar-refractivity contribution in [2.24, 2.45) is 11.5 Å². The molecule has 16 rings (SSSR count). The number of benzene rings is 4. The van der Waals surface area contributed by atoms with Gasteiger partial charge in [0.2, 0.25) is 0 Å². The van der Waals surface area contributed by atoms with Gasteiger partial charge in [-0.15, -0.1) is 6.42 Å². The number of terminal acetylenes is 1. The number of aliphatic hydroxyl groups is 3. The summed E-state index contributed by atoms with van der Waals surface area (Å²) >= 11 is 15.0. The number of imidazole rings is 8. The number of aliphatic hydroxyl groups excluding tert-OH is 1. The lowest BCUT2D eigenvalue weighted by Crippen LogP contribution is -2.18. The molecular formula is C76H77Br3I2N18O9. The number of hydrogen-bond acceptors (Lipinski definition) is 17. The Kier molecular flexibility index (Phi) is 25.7. The summed E-state index contributed by atoms with van der Waals surface area (Å²) in [5.74, 6) is 16.7. The molecule has 560 valence electrons. The molecule has 0 bridgehead atoms. The number of amides is 2. The predicted octanol–water partition coefficient (Wildman–Crippen LogP) is 11.8. The molecule has 0 fully saturated rings. The molecule has 0 atom stereocenters. The highest BCUT2D eigenvalue weighted by Gasteiger charge is 2.30. The van der Waals surface area contributed by atoms with E-state index in [-0.39, 0.29) is 18.0 Å². The van der Waals surface area contributed by atoms with Crippen LogP contribution >= 0.6 is 93.0 Å². The molecule has 27 nitrogen and oxygen atoms in total. The number of nitrogens with two attached hydrogens (primary N) is 2. The van der Waals surface area contributed by atoms with Crippen LogP contribution in [-0.2, 0) is 52.4 Å². The number of nitrogens with one attached hydrogen (secondary N) is 1. The minimum Gasteiger partial charge on any atom is -0.491 e. The number of aromatic nitrogens is 16. The number of aromatic amines is 1. The number of ether oxygens (including phenoxy) is 4. The van der Waals surface area contributed by atoms with E-state index in [1.807, 2.05) is 142 Å². The van der Waals surface area contributed by atoms with Crippen LogP contribution in [-0.4, -0.2) is 142 Å². The van der Waals surface area contributed by atoms with Crippen molar-refractivity contribution in [3.63, 3.8) is 0 Å². The Morgan fingerprint density at radius 1 is 0.528 bits per heavy atom. The highest BCUT2D eigenvalue weighted by molar-refractivity contribution is 14.1.